The molecule has 190 valence electrons. The van der Waals surface area contributed by atoms with E-state index < -0.39 is 10.9 Å². The smallest absolute Gasteiger partial charge is 0.269 e. The molecular weight excluding hydrogens is 474 g/mol. The second-order valence-corrected chi connectivity index (χ2v) is 11.0. The average molecular weight is 502 g/mol. The maximum Gasteiger partial charge on any atom is 0.269 e. The number of rotatable bonds is 2. The SMILES string of the molecule is O=C([O-])c1ccc([N+](=O)[O-])cc1.O=C1C[C@@H]2OCC=C3C[NH+]4CC[C@]56c7ccccc7N1[C@H]5[C@H]2[C@H]3C[C@H]46. The normalized spacial score (nSPS) is 35.5. The number of para-hydroxylation sites is 1. The van der Waals surface area contributed by atoms with E-state index >= 15 is 0 Å². The van der Waals surface area contributed by atoms with E-state index in [0.717, 1.165) is 24.3 Å². The summed E-state index contributed by atoms with van der Waals surface area (Å²) < 4.78 is 6.26. The third-order valence-corrected chi connectivity index (χ3v) is 9.72. The van der Waals surface area contributed by atoms with E-state index in [4.69, 9.17) is 4.74 Å². The van der Waals surface area contributed by atoms with Crippen LogP contribution in [0.3, 0.4) is 0 Å². The molecule has 1 unspecified atom stereocenters. The number of carboxylic acid groups (broad SMARTS) is 1. The number of quaternary nitrogens is 1. The Labute approximate surface area is 213 Å². The zero-order valence-electron chi connectivity index (χ0n) is 20.2. The van der Waals surface area contributed by atoms with E-state index in [9.17, 15) is 24.8 Å². The lowest BCUT2D eigenvalue weighted by Gasteiger charge is -2.56. The number of benzene rings is 2. The highest BCUT2D eigenvalue weighted by molar-refractivity contribution is 5.99. The van der Waals surface area contributed by atoms with Crippen LogP contribution in [0.2, 0.25) is 0 Å². The minimum atomic E-state index is -1.34. The number of nitro benzene ring substituents is 1. The first-order valence-electron chi connectivity index (χ1n) is 12.9. The van der Waals surface area contributed by atoms with Crippen molar-refractivity contribution in [3.8, 4) is 0 Å². The summed E-state index contributed by atoms with van der Waals surface area (Å²) in [5.41, 5.74) is 4.25. The molecule has 9 heteroatoms. The molecule has 1 saturated carbocycles. The molecule has 1 N–H and O–H groups in total. The molecule has 5 aliphatic heterocycles. The van der Waals surface area contributed by atoms with Crippen LogP contribution in [-0.2, 0) is 14.9 Å². The van der Waals surface area contributed by atoms with Crippen molar-refractivity contribution in [2.45, 2.75) is 42.9 Å². The third kappa shape index (κ3) is 3.04. The molecule has 1 amide bonds. The number of fused-ring (bicyclic) bond motifs is 2. The van der Waals surface area contributed by atoms with Crippen LogP contribution in [-0.4, -0.2) is 54.7 Å². The Kier molecular flexibility index (Phi) is 4.87. The molecule has 2 aromatic rings. The van der Waals surface area contributed by atoms with Crippen LogP contribution in [0.4, 0.5) is 11.4 Å². The summed E-state index contributed by atoms with van der Waals surface area (Å²) in [4.78, 5) is 36.9. The molecule has 0 radical (unpaired) electrons. The summed E-state index contributed by atoms with van der Waals surface area (Å²) in [6, 6.07) is 14.3. The van der Waals surface area contributed by atoms with Gasteiger partial charge in [0.15, 0.2) is 0 Å². The summed E-state index contributed by atoms with van der Waals surface area (Å²) in [5.74, 6) is 0.0504. The molecule has 3 saturated heterocycles. The Bertz CT molecular complexity index is 1320. The zero-order chi connectivity index (χ0) is 25.5. The number of nitrogens with zero attached hydrogens (tertiary/aromatic N) is 2. The molecule has 2 aromatic carbocycles. The first-order chi connectivity index (χ1) is 17.9. The number of ether oxygens (including phenoxy) is 1. The van der Waals surface area contributed by atoms with Crippen LogP contribution < -0.4 is 14.9 Å². The number of aromatic carboxylic acids is 1. The number of carboxylic acids is 1. The topological polar surface area (TPSA) is 117 Å². The Morgan fingerprint density at radius 3 is 2.70 bits per heavy atom. The lowest BCUT2D eigenvalue weighted by molar-refractivity contribution is -0.916. The predicted molar refractivity (Wildman–Crippen MR) is 130 cm³/mol. The van der Waals surface area contributed by atoms with E-state index in [1.165, 1.54) is 37.2 Å². The molecule has 0 aromatic heterocycles. The van der Waals surface area contributed by atoms with Gasteiger partial charge in [0.25, 0.3) is 5.69 Å². The van der Waals surface area contributed by atoms with Gasteiger partial charge in [0.2, 0.25) is 5.91 Å². The fraction of sp³-hybridized carbons (Fsp3) is 0.429. The Morgan fingerprint density at radius 2 is 1.95 bits per heavy atom. The van der Waals surface area contributed by atoms with Gasteiger partial charge in [-0.3, -0.25) is 14.9 Å². The molecule has 5 heterocycles. The lowest BCUT2D eigenvalue weighted by atomic mass is 9.53. The Balaban J connectivity index is 0.000000165. The number of amides is 1. The molecular formula is C28H27N3O6. The van der Waals surface area contributed by atoms with Crippen LogP contribution in [0.5, 0.6) is 0 Å². The highest BCUT2D eigenvalue weighted by atomic mass is 16.6. The number of hydrogen-bond donors (Lipinski definition) is 1. The number of nitro groups is 1. The standard InChI is InChI=1S/C21H22N2O2.C7H5NO4/c24-18-10-16-19-13-9-17-21(6-7-22(17)11-12(13)5-8-25-16)14-3-1-2-4-15(14)23(18)20(19)21;9-7(10)5-1-3-6(4-2-5)8(11)12/h1-5,13,16-17,19-20H,6-11H2;1-4H,(H,9,10)/t13-,16-,17-,19-,20-,21+;/m0./s1. The average Bonchev–Trinajstić information content (AvgIpc) is 3.37. The monoisotopic (exact) mass is 501 g/mol. The van der Waals surface area contributed by atoms with Crippen LogP contribution in [0.1, 0.15) is 35.2 Å². The number of carbonyl (C=O) groups is 2. The van der Waals surface area contributed by atoms with Crippen molar-refractivity contribution in [2.75, 3.05) is 24.6 Å². The number of anilines is 1. The van der Waals surface area contributed by atoms with Gasteiger partial charge in [0, 0.05) is 36.6 Å². The third-order valence-electron chi connectivity index (χ3n) is 9.72. The van der Waals surface area contributed by atoms with Gasteiger partial charge in [-0.2, -0.15) is 0 Å². The zero-order valence-corrected chi connectivity index (χ0v) is 20.2. The number of piperidine rings is 2. The van der Waals surface area contributed by atoms with Crippen LogP contribution in [0.25, 0.3) is 0 Å². The molecule has 4 fully saturated rings. The molecule has 8 rings (SSSR count). The van der Waals surface area contributed by atoms with Crippen molar-refractivity contribution in [3.63, 3.8) is 0 Å². The fourth-order valence-corrected chi connectivity index (χ4v) is 8.45. The predicted octanol–water partition coefficient (Wildman–Crippen LogP) is 0.634. The Hall–Kier alpha value is -3.56. The maximum absolute atomic E-state index is 13.2. The molecule has 7 atom stereocenters. The van der Waals surface area contributed by atoms with Gasteiger partial charge < -0.3 is 24.4 Å². The van der Waals surface area contributed by atoms with Crippen molar-refractivity contribution in [2.24, 2.45) is 11.8 Å². The number of non-ortho nitro benzene ring substituents is 1. The van der Waals surface area contributed by atoms with E-state index in [2.05, 4.69) is 35.2 Å². The Morgan fingerprint density at radius 1 is 1.16 bits per heavy atom. The van der Waals surface area contributed by atoms with E-state index in [0.29, 0.717) is 36.9 Å². The summed E-state index contributed by atoms with van der Waals surface area (Å²) >= 11 is 0. The van der Waals surface area contributed by atoms with E-state index in [-0.39, 0.29) is 28.7 Å². The highest BCUT2D eigenvalue weighted by Crippen LogP contribution is 2.62. The quantitative estimate of drug-likeness (QED) is 0.367. The van der Waals surface area contributed by atoms with Crippen molar-refractivity contribution >= 4 is 23.3 Å². The number of nitrogens with one attached hydrogen (secondary N) is 1. The maximum atomic E-state index is 13.2. The van der Waals surface area contributed by atoms with E-state index in [1.54, 1.807) is 10.5 Å². The fourth-order valence-electron chi connectivity index (χ4n) is 8.45. The summed E-state index contributed by atoms with van der Waals surface area (Å²) in [6.07, 6.45) is 5.54. The van der Waals surface area contributed by atoms with Crippen molar-refractivity contribution < 1.29 is 29.3 Å². The summed E-state index contributed by atoms with van der Waals surface area (Å²) in [7, 11) is 0. The molecule has 6 aliphatic rings. The van der Waals surface area contributed by atoms with Gasteiger partial charge in [-0.1, -0.05) is 24.3 Å². The molecule has 37 heavy (non-hydrogen) atoms. The van der Waals surface area contributed by atoms with E-state index in [1.807, 2.05) is 0 Å². The first kappa shape index (κ1) is 22.6. The van der Waals surface area contributed by atoms with Crippen LogP contribution >= 0.6 is 0 Å². The van der Waals surface area contributed by atoms with Crippen LogP contribution in [0, 0.1) is 22.0 Å². The van der Waals surface area contributed by atoms with Gasteiger partial charge in [-0.25, -0.2) is 0 Å². The summed E-state index contributed by atoms with van der Waals surface area (Å²) in [6.45, 7) is 3.15. The van der Waals surface area contributed by atoms with Gasteiger partial charge in [0.05, 0.1) is 54.6 Å². The van der Waals surface area contributed by atoms with Gasteiger partial charge in [-0.15, -0.1) is 0 Å². The van der Waals surface area contributed by atoms with Crippen molar-refractivity contribution in [1.82, 2.24) is 0 Å². The largest absolute Gasteiger partial charge is 0.545 e. The second-order valence-electron chi connectivity index (χ2n) is 11.0. The summed E-state index contributed by atoms with van der Waals surface area (Å²) in [5, 5.41) is 20.3. The number of carbonyl (C=O) groups excluding carboxylic acids is 2. The van der Waals surface area contributed by atoms with Gasteiger partial charge in [-0.05, 0) is 40.8 Å². The molecule has 1 aliphatic carbocycles. The first-order valence-corrected chi connectivity index (χ1v) is 12.9. The number of hydrogen-bond acceptors (Lipinski definition) is 6. The van der Waals surface area contributed by atoms with Crippen molar-refractivity contribution in [3.05, 3.63) is 81.4 Å². The molecule has 9 nitrogen and oxygen atoms in total. The lowest BCUT2D eigenvalue weighted by Crippen LogP contribution is -3.16. The minimum absolute atomic E-state index is 0.0689. The van der Waals surface area contributed by atoms with Gasteiger partial charge in [0.1, 0.15) is 6.04 Å². The highest BCUT2D eigenvalue weighted by Gasteiger charge is 2.73. The second kappa shape index (κ2) is 7.97. The molecule has 1 spiro atoms. The van der Waals surface area contributed by atoms with Crippen LogP contribution in [0.15, 0.2) is 60.2 Å². The van der Waals surface area contributed by atoms with Crippen molar-refractivity contribution in [1.29, 1.82) is 0 Å². The van der Waals surface area contributed by atoms with Gasteiger partial charge >= 0.3 is 0 Å². The minimum Gasteiger partial charge on any atom is -0.545 e. The molecule has 2 bridgehead atoms.